The number of carbonyl (C=O) groups excluding carboxylic acids is 4. The molecule has 4 aromatic heterocycles. The Balaban J connectivity index is 1.25. The lowest BCUT2D eigenvalue weighted by Gasteiger charge is -2.16. The third-order valence-electron chi connectivity index (χ3n) is 10.6. The predicted octanol–water partition coefficient (Wildman–Crippen LogP) is 3.24. The van der Waals surface area contributed by atoms with Gasteiger partial charge in [0.15, 0.2) is 0 Å². The first kappa shape index (κ1) is 43.0. The molecule has 20 heteroatoms. The monoisotopic (exact) mass is 849 g/mol. The van der Waals surface area contributed by atoms with Crippen LogP contribution in [0, 0.1) is 13.8 Å². The van der Waals surface area contributed by atoms with Crippen molar-refractivity contribution in [2.75, 3.05) is 44.0 Å². The molecular weight excluding hydrogens is 799 g/mol. The zero-order chi connectivity index (χ0) is 44.2. The van der Waals surface area contributed by atoms with Crippen molar-refractivity contribution in [3.8, 4) is 11.5 Å². The van der Waals surface area contributed by atoms with Gasteiger partial charge < -0.3 is 40.1 Å². The van der Waals surface area contributed by atoms with Crippen LogP contribution in [0.5, 0.6) is 11.5 Å². The Morgan fingerprint density at radius 3 is 1.74 bits per heavy atom. The zero-order valence-electron chi connectivity index (χ0n) is 35.3. The van der Waals surface area contributed by atoms with Gasteiger partial charge in [0.2, 0.25) is 23.7 Å². The molecule has 0 radical (unpaired) electrons. The van der Waals surface area contributed by atoms with E-state index in [-0.39, 0.29) is 42.2 Å². The Morgan fingerprint density at radius 1 is 0.790 bits per heavy atom. The molecule has 0 spiro atoms. The summed E-state index contributed by atoms with van der Waals surface area (Å²) in [7, 11) is 1.46. The van der Waals surface area contributed by atoms with Gasteiger partial charge in [-0.2, -0.15) is 10.2 Å². The maximum Gasteiger partial charge on any atom is 0.276 e. The molecule has 7 N–H and O–H groups in total. The van der Waals surface area contributed by atoms with E-state index in [1.165, 1.54) is 19.2 Å². The van der Waals surface area contributed by atoms with Crippen molar-refractivity contribution < 1.29 is 33.8 Å². The van der Waals surface area contributed by atoms with Crippen LogP contribution in [0.3, 0.4) is 0 Å². The smallest absolute Gasteiger partial charge is 0.276 e. The number of hydrogen-bond donors (Lipinski definition) is 5. The molecule has 1 saturated heterocycles. The number of β-amino-alcohol motifs (C(OH)–C–C–N with tert-alkyl or cyclic N) is 1. The fourth-order valence-corrected chi connectivity index (χ4v) is 7.67. The van der Waals surface area contributed by atoms with Crippen LogP contribution in [0.2, 0.25) is 0 Å². The molecule has 1 aliphatic heterocycles. The van der Waals surface area contributed by atoms with Crippen molar-refractivity contribution >= 4 is 57.6 Å². The second-order valence-corrected chi connectivity index (χ2v) is 15.0. The first-order valence-corrected chi connectivity index (χ1v) is 20.4. The average molecular weight is 850 g/mol. The molecule has 5 heterocycles. The molecule has 2 aromatic carbocycles. The zero-order valence-corrected chi connectivity index (χ0v) is 35.3. The van der Waals surface area contributed by atoms with Crippen LogP contribution in [-0.4, -0.2) is 112 Å². The number of nitrogens with one attached hydrogen (secondary N) is 2. The minimum absolute atomic E-state index is 0.155. The van der Waals surface area contributed by atoms with Crippen LogP contribution in [0.25, 0.3) is 22.1 Å². The molecular formula is C42H51N13O7. The number of allylic oxidation sites excluding steroid dienone is 2. The lowest BCUT2D eigenvalue weighted by Crippen LogP contribution is -2.24. The second kappa shape index (κ2) is 18.3. The van der Waals surface area contributed by atoms with Gasteiger partial charge in [-0.1, -0.05) is 12.2 Å². The van der Waals surface area contributed by atoms with E-state index in [0.29, 0.717) is 95.5 Å². The highest BCUT2D eigenvalue weighted by Crippen LogP contribution is 2.33. The topological polar surface area (TPSA) is 258 Å². The number of nitrogens with zero attached hydrogens (tertiary/aromatic N) is 9. The Hall–Kier alpha value is -7.06. The molecule has 1 fully saturated rings. The van der Waals surface area contributed by atoms with E-state index >= 15 is 0 Å². The van der Waals surface area contributed by atoms with Crippen molar-refractivity contribution in [1.82, 2.24) is 43.6 Å². The highest BCUT2D eigenvalue weighted by Gasteiger charge is 2.24. The largest absolute Gasteiger partial charge is 0.494 e. The number of rotatable bonds is 18. The fourth-order valence-electron chi connectivity index (χ4n) is 7.67. The number of primary amides is 2. The molecule has 0 saturated carbocycles. The number of hydrogen-bond acceptors (Lipinski definition) is 12. The molecule has 326 valence electrons. The number of aromatic nitrogens is 8. The van der Waals surface area contributed by atoms with Gasteiger partial charge in [0.1, 0.15) is 33.9 Å². The number of anilines is 2. The number of amides is 4. The summed E-state index contributed by atoms with van der Waals surface area (Å²) in [6.45, 7) is 11.0. The van der Waals surface area contributed by atoms with Gasteiger partial charge >= 0.3 is 0 Å². The number of ether oxygens (including phenoxy) is 2. The second-order valence-electron chi connectivity index (χ2n) is 15.0. The number of aliphatic hydroxyl groups excluding tert-OH is 1. The van der Waals surface area contributed by atoms with Crippen LogP contribution in [0.15, 0.2) is 48.6 Å². The fraction of sp³-hybridized carbons (Fsp3) is 0.381. The lowest BCUT2D eigenvalue weighted by molar-refractivity contribution is 0.0991. The minimum Gasteiger partial charge on any atom is -0.494 e. The molecule has 0 bridgehead atoms. The Labute approximate surface area is 356 Å². The van der Waals surface area contributed by atoms with Gasteiger partial charge in [-0.15, -0.1) is 0 Å². The first-order chi connectivity index (χ1) is 29.8. The van der Waals surface area contributed by atoms with Crippen LogP contribution < -0.4 is 31.6 Å². The predicted molar refractivity (Wildman–Crippen MR) is 231 cm³/mol. The van der Waals surface area contributed by atoms with Gasteiger partial charge in [0, 0.05) is 56.9 Å². The van der Waals surface area contributed by atoms with Crippen molar-refractivity contribution in [1.29, 1.82) is 0 Å². The standard InChI is InChI=1S/C42H51N13O7/c1-6-54-31(17-24(3)49-54)39(59)47-41-45-29-19-26(37(43)57)21-33(61-5)35(29)52(41)13-8-9-14-53-36-30(46-42(53)48-40(60)32-18-25(4)50-55(32)7-2)20-27(38(44)58)22-34(36)62-16-10-12-51-15-11-28(56)23-51/h8-9,17-22,28,56H,6-7,10-16,23H2,1-5H3,(H2,43,57)(H2,44,58)(H,45,47,59)(H,46,48,60). The normalized spacial score (nSPS) is 14.3. The summed E-state index contributed by atoms with van der Waals surface area (Å²) in [5.74, 6) is -1.21. The summed E-state index contributed by atoms with van der Waals surface area (Å²) < 4.78 is 18.7. The molecule has 7 rings (SSSR count). The van der Waals surface area contributed by atoms with Crippen molar-refractivity contribution in [2.24, 2.45) is 11.5 Å². The van der Waals surface area contributed by atoms with E-state index < -0.39 is 23.6 Å². The first-order valence-electron chi connectivity index (χ1n) is 20.4. The highest BCUT2D eigenvalue weighted by molar-refractivity contribution is 6.05. The van der Waals surface area contributed by atoms with Crippen LogP contribution in [-0.2, 0) is 26.2 Å². The molecule has 0 aliphatic carbocycles. The number of aryl methyl sites for hydroxylation is 4. The minimum atomic E-state index is -0.673. The summed E-state index contributed by atoms with van der Waals surface area (Å²) >= 11 is 0. The molecule has 4 amide bonds. The maximum absolute atomic E-state index is 13.8. The average Bonchev–Trinajstić information content (AvgIpc) is 4.07. The number of imidazole rings is 2. The maximum atomic E-state index is 13.8. The van der Waals surface area contributed by atoms with Gasteiger partial charge in [0.25, 0.3) is 11.8 Å². The third-order valence-corrected chi connectivity index (χ3v) is 10.6. The molecule has 62 heavy (non-hydrogen) atoms. The molecule has 1 aliphatic rings. The van der Waals surface area contributed by atoms with E-state index in [9.17, 15) is 24.3 Å². The SMILES string of the molecule is CCn1nc(C)cc1C(=O)Nc1nc2cc(C(N)=O)cc(OC)c2n1CC=CCn1c(NC(=O)c2cc(C)nn2CC)nc2cc(C(N)=O)cc(OCCCN3CCC(O)C3)c21. The quantitative estimate of drug-likeness (QED) is 0.0617. The van der Waals surface area contributed by atoms with Crippen LogP contribution in [0.1, 0.15) is 79.8 Å². The number of benzene rings is 2. The number of likely N-dealkylation sites (tertiary alicyclic amines) is 1. The van der Waals surface area contributed by atoms with E-state index in [1.54, 1.807) is 56.6 Å². The number of methoxy groups -OCH3 is 1. The summed E-state index contributed by atoms with van der Waals surface area (Å²) in [5.41, 5.74) is 15.5. The Bertz CT molecular complexity index is 2710. The Morgan fingerprint density at radius 2 is 1.29 bits per heavy atom. The lowest BCUT2D eigenvalue weighted by atomic mass is 10.1. The Kier molecular flexibility index (Phi) is 12.7. The van der Waals surface area contributed by atoms with Crippen LogP contribution >= 0.6 is 0 Å². The number of aliphatic hydroxyl groups is 1. The highest BCUT2D eigenvalue weighted by atomic mass is 16.5. The van der Waals surface area contributed by atoms with Gasteiger partial charge in [-0.05, 0) is 76.9 Å². The molecule has 1 atom stereocenters. The number of carbonyl (C=O) groups is 4. The van der Waals surface area contributed by atoms with Crippen molar-refractivity contribution in [2.45, 2.75) is 72.8 Å². The van der Waals surface area contributed by atoms with E-state index in [4.69, 9.17) is 30.9 Å². The molecule has 6 aromatic rings. The van der Waals surface area contributed by atoms with E-state index in [1.807, 2.05) is 26.0 Å². The van der Waals surface area contributed by atoms with Gasteiger partial charge in [-0.3, -0.25) is 39.2 Å². The molecule has 20 nitrogen and oxygen atoms in total. The van der Waals surface area contributed by atoms with Gasteiger partial charge in [0.05, 0.1) is 42.2 Å². The van der Waals surface area contributed by atoms with Gasteiger partial charge in [-0.25, -0.2) is 9.97 Å². The summed E-state index contributed by atoms with van der Waals surface area (Å²) in [6.07, 6.45) is 4.72. The van der Waals surface area contributed by atoms with Crippen LogP contribution in [0.4, 0.5) is 11.9 Å². The van der Waals surface area contributed by atoms with E-state index in [0.717, 1.165) is 13.0 Å². The van der Waals surface area contributed by atoms with Crippen molar-refractivity contribution in [3.05, 3.63) is 82.5 Å². The summed E-state index contributed by atoms with van der Waals surface area (Å²) in [4.78, 5) is 63.9. The number of nitrogens with two attached hydrogens (primary N) is 2. The van der Waals surface area contributed by atoms with Crippen molar-refractivity contribution in [3.63, 3.8) is 0 Å². The van der Waals surface area contributed by atoms with E-state index in [2.05, 4.69) is 25.7 Å². The third kappa shape index (κ3) is 9.00. The summed E-state index contributed by atoms with van der Waals surface area (Å²) in [6, 6.07) is 9.54. The summed E-state index contributed by atoms with van der Waals surface area (Å²) in [5, 5.41) is 24.7. The number of fused-ring (bicyclic) bond motifs is 2. The molecule has 1 unspecified atom stereocenters.